The maximum atomic E-state index is 10.6. The number of halogens is 1. The largest absolute Gasteiger partial charge is 0.480 e. The van der Waals surface area contributed by atoms with E-state index < -0.39 is 12.0 Å². The van der Waals surface area contributed by atoms with E-state index >= 15 is 0 Å². The van der Waals surface area contributed by atoms with Crippen molar-refractivity contribution in [2.75, 3.05) is 5.32 Å². The molecule has 0 bridgehead atoms. The lowest BCUT2D eigenvalue weighted by atomic mass is 10.3. The Kier molecular flexibility index (Phi) is 3.30. The number of hydrogen-bond acceptors (Lipinski definition) is 3. The van der Waals surface area contributed by atoms with Gasteiger partial charge in [-0.05, 0) is 19.9 Å². The van der Waals surface area contributed by atoms with E-state index in [1.165, 1.54) is 0 Å². The third kappa shape index (κ3) is 2.35. The number of carbonyl (C=O) groups is 1. The summed E-state index contributed by atoms with van der Waals surface area (Å²) in [7, 11) is 0. The van der Waals surface area contributed by atoms with Crippen molar-refractivity contribution in [3.8, 4) is 0 Å². The summed E-state index contributed by atoms with van der Waals surface area (Å²) in [5.74, 6) is -0.921. The van der Waals surface area contributed by atoms with Crippen LogP contribution in [0.2, 0.25) is 5.02 Å². The molecular formula is C9H11ClN2O2. The second-order valence-electron chi connectivity index (χ2n) is 2.96. The zero-order valence-corrected chi connectivity index (χ0v) is 8.67. The number of hydrogen-bond donors (Lipinski definition) is 2. The molecular weight excluding hydrogens is 204 g/mol. The third-order valence-electron chi connectivity index (χ3n) is 1.81. The molecule has 0 radical (unpaired) electrons. The fourth-order valence-electron chi connectivity index (χ4n) is 0.955. The van der Waals surface area contributed by atoms with Crippen molar-refractivity contribution >= 4 is 23.3 Å². The number of aromatic nitrogens is 1. The van der Waals surface area contributed by atoms with Crippen molar-refractivity contribution in [3.63, 3.8) is 0 Å². The van der Waals surface area contributed by atoms with E-state index in [1.54, 1.807) is 26.1 Å². The molecule has 4 nitrogen and oxygen atoms in total. The average Bonchev–Trinajstić information content (AvgIpc) is 2.12. The topological polar surface area (TPSA) is 62.2 Å². The monoisotopic (exact) mass is 214 g/mol. The Morgan fingerprint density at radius 2 is 2.36 bits per heavy atom. The highest BCUT2D eigenvalue weighted by Crippen LogP contribution is 2.23. The van der Waals surface area contributed by atoms with E-state index in [0.717, 1.165) is 0 Å². The van der Waals surface area contributed by atoms with E-state index in [1.807, 2.05) is 0 Å². The van der Waals surface area contributed by atoms with Crippen LogP contribution in [0.4, 0.5) is 5.69 Å². The SMILES string of the molecule is Cc1nccc(NC(C)C(=O)O)c1Cl. The van der Waals surface area contributed by atoms with Gasteiger partial charge in [-0.1, -0.05) is 11.6 Å². The zero-order chi connectivity index (χ0) is 10.7. The zero-order valence-electron chi connectivity index (χ0n) is 7.91. The van der Waals surface area contributed by atoms with Crippen LogP contribution in [0.15, 0.2) is 12.3 Å². The Hall–Kier alpha value is -1.29. The summed E-state index contributed by atoms with van der Waals surface area (Å²) in [6.45, 7) is 3.31. The van der Waals surface area contributed by atoms with E-state index in [4.69, 9.17) is 16.7 Å². The van der Waals surface area contributed by atoms with Crippen molar-refractivity contribution in [2.45, 2.75) is 19.9 Å². The van der Waals surface area contributed by atoms with E-state index in [-0.39, 0.29) is 0 Å². The Bertz CT molecular complexity index is 355. The molecule has 14 heavy (non-hydrogen) atoms. The molecule has 0 aliphatic heterocycles. The van der Waals surface area contributed by atoms with Gasteiger partial charge in [0.2, 0.25) is 0 Å². The molecule has 1 aromatic rings. The number of pyridine rings is 1. The van der Waals surface area contributed by atoms with Gasteiger partial charge in [-0.25, -0.2) is 0 Å². The highest BCUT2D eigenvalue weighted by atomic mass is 35.5. The Balaban J connectivity index is 2.87. The fourth-order valence-corrected chi connectivity index (χ4v) is 1.12. The number of aryl methyl sites for hydroxylation is 1. The lowest BCUT2D eigenvalue weighted by Crippen LogP contribution is -2.25. The van der Waals surface area contributed by atoms with Crippen molar-refractivity contribution in [2.24, 2.45) is 0 Å². The first-order valence-corrected chi connectivity index (χ1v) is 4.50. The summed E-state index contributed by atoms with van der Waals surface area (Å²) >= 11 is 5.92. The van der Waals surface area contributed by atoms with Crippen LogP contribution in [0.25, 0.3) is 0 Å². The molecule has 0 amide bonds. The van der Waals surface area contributed by atoms with Crippen molar-refractivity contribution in [3.05, 3.63) is 23.0 Å². The summed E-state index contributed by atoms with van der Waals surface area (Å²) in [5, 5.41) is 11.9. The molecule has 1 rings (SSSR count). The fraction of sp³-hybridized carbons (Fsp3) is 0.333. The predicted molar refractivity (Wildman–Crippen MR) is 54.7 cm³/mol. The third-order valence-corrected chi connectivity index (χ3v) is 2.28. The Morgan fingerprint density at radius 3 is 2.93 bits per heavy atom. The minimum Gasteiger partial charge on any atom is -0.480 e. The van der Waals surface area contributed by atoms with Gasteiger partial charge in [0.05, 0.1) is 16.4 Å². The van der Waals surface area contributed by atoms with E-state index in [0.29, 0.717) is 16.4 Å². The summed E-state index contributed by atoms with van der Waals surface area (Å²) in [5.41, 5.74) is 1.27. The van der Waals surface area contributed by atoms with E-state index in [9.17, 15) is 4.79 Å². The number of nitrogens with zero attached hydrogens (tertiary/aromatic N) is 1. The average molecular weight is 215 g/mol. The minimum absolute atomic E-state index is 0.459. The van der Waals surface area contributed by atoms with Gasteiger partial charge in [-0.3, -0.25) is 9.78 Å². The molecule has 0 spiro atoms. The van der Waals surface area contributed by atoms with Gasteiger partial charge >= 0.3 is 5.97 Å². The van der Waals surface area contributed by atoms with Crippen LogP contribution < -0.4 is 5.32 Å². The first-order chi connectivity index (χ1) is 6.52. The van der Waals surface area contributed by atoms with Crippen LogP contribution in [0.3, 0.4) is 0 Å². The molecule has 0 aliphatic carbocycles. The minimum atomic E-state index is -0.921. The van der Waals surface area contributed by atoms with Gasteiger partial charge < -0.3 is 10.4 Å². The summed E-state index contributed by atoms with van der Waals surface area (Å²) in [6.07, 6.45) is 1.58. The van der Waals surface area contributed by atoms with Crippen LogP contribution in [0.1, 0.15) is 12.6 Å². The number of aliphatic carboxylic acids is 1. The summed E-state index contributed by atoms with van der Waals surface area (Å²) < 4.78 is 0. The number of nitrogens with one attached hydrogen (secondary N) is 1. The van der Waals surface area contributed by atoms with Crippen LogP contribution in [0, 0.1) is 6.92 Å². The van der Waals surface area contributed by atoms with Gasteiger partial charge in [0, 0.05) is 6.20 Å². The molecule has 1 heterocycles. The standard InChI is InChI=1S/C9H11ClN2O2/c1-5-8(10)7(3-4-11-5)12-6(2)9(13)14/h3-4,6H,1-2H3,(H,11,12)(H,13,14). The first kappa shape index (κ1) is 10.8. The quantitative estimate of drug-likeness (QED) is 0.807. The lowest BCUT2D eigenvalue weighted by Gasteiger charge is -2.12. The predicted octanol–water partition coefficient (Wildman–Crippen LogP) is 1.93. The van der Waals surface area contributed by atoms with Gasteiger partial charge in [0.15, 0.2) is 0 Å². The molecule has 0 fully saturated rings. The molecule has 76 valence electrons. The molecule has 1 aromatic heterocycles. The number of carboxylic acids is 1. The highest BCUT2D eigenvalue weighted by Gasteiger charge is 2.12. The van der Waals surface area contributed by atoms with Crippen LogP contribution in [0.5, 0.6) is 0 Å². The molecule has 0 saturated carbocycles. The molecule has 2 N–H and O–H groups in total. The molecule has 1 atom stereocenters. The number of rotatable bonds is 3. The van der Waals surface area contributed by atoms with Crippen molar-refractivity contribution in [1.82, 2.24) is 4.98 Å². The van der Waals surface area contributed by atoms with E-state index in [2.05, 4.69) is 10.3 Å². The smallest absolute Gasteiger partial charge is 0.325 e. The van der Waals surface area contributed by atoms with Crippen LogP contribution in [-0.4, -0.2) is 22.1 Å². The highest BCUT2D eigenvalue weighted by molar-refractivity contribution is 6.33. The van der Waals surface area contributed by atoms with Crippen LogP contribution in [-0.2, 0) is 4.79 Å². The summed E-state index contributed by atoms with van der Waals surface area (Å²) in [6, 6.07) is 0.976. The number of anilines is 1. The molecule has 1 unspecified atom stereocenters. The maximum Gasteiger partial charge on any atom is 0.325 e. The Morgan fingerprint density at radius 1 is 1.71 bits per heavy atom. The van der Waals surface area contributed by atoms with Gasteiger partial charge in [-0.2, -0.15) is 0 Å². The van der Waals surface area contributed by atoms with Crippen molar-refractivity contribution < 1.29 is 9.90 Å². The molecule has 0 saturated heterocycles. The Labute approximate surface area is 86.9 Å². The van der Waals surface area contributed by atoms with Gasteiger partial charge in [0.1, 0.15) is 6.04 Å². The number of carboxylic acid groups (broad SMARTS) is 1. The molecule has 0 aromatic carbocycles. The normalized spacial score (nSPS) is 12.2. The second-order valence-corrected chi connectivity index (χ2v) is 3.34. The van der Waals surface area contributed by atoms with Crippen LogP contribution >= 0.6 is 11.6 Å². The molecule has 5 heteroatoms. The maximum absolute atomic E-state index is 10.6. The van der Waals surface area contributed by atoms with Crippen molar-refractivity contribution in [1.29, 1.82) is 0 Å². The first-order valence-electron chi connectivity index (χ1n) is 4.13. The summed E-state index contributed by atoms with van der Waals surface area (Å²) in [4.78, 5) is 14.6. The molecule has 0 aliphatic rings. The van der Waals surface area contributed by atoms with Gasteiger partial charge in [0.25, 0.3) is 0 Å². The van der Waals surface area contributed by atoms with Gasteiger partial charge in [-0.15, -0.1) is 0 Å². The lowest BCUT2D eigenvalue weighted by molar-refractivity contribution is -0.137. The second kappa shape index (κ2) is 4.28.